The van der Waals surface area contributed by atoms with Crippen molar-refractivity contribution in [3.63, 3.8) is 0 Å². The number of hydrogen-bond acceptors (Lipinski definition) is 6. The fraction of sp³-hybridized carbons (Fsp3) is 0.895. The number of carbonyl (C=O) groups excluding carboxylic acids is 2. The molecule has 27 heavy (non-hydrogen) atoms. The summed E-state index contributed by atoms with van der Waals surface area (Å²) in [7, 11) is 3.48. The van der Waals surface area contributed by atoms with E-state index in [0.29, 0.717) is 6.42 Å². The maximum Gasteiger partial charge on any atom is 0.251 e. The van der Waals surface area contributed by atoms with Crippen molar-refractivity contribution in [2.24, 2.45) is 10.8 Å². The van der Waals surface area contributed by atoms with E-state index in [1.165, 1.54) is 0 Å². The summed E-state index contributed by atoms with van der Waals surface area (Å²) in [6.45, 7) is 13.9. The number of carbonyl (C=O) groups is 2. The van der Waals surface area contributed by atoms with E-state index in [-0.39, 0.29) is 41.3 Å². The van der Waals surface area contributed by atoms with Crippen LogP contribution in [0, 0.1) is 10.8 Å². The van der Waals surface area contributed by atoms with E-state index in [4.69, 9.17) is 0 Å². The molecule has 0 saturated carbocycles. The molecule has 0 aliphatic carbocycles. The molecule has 2 amide bonds. The van der Waals surface area contributed by atoms with Crippen LogP contribution in [0.4, 0.5) is 0 Å². The normalized spacial score (nSPS) is 17.0. The van der Waals surface area contributed by atoms with Gasteiger partial charge in [-0.15, -0.1) is 0 Å². The van der Waals surface area contributed by atoms with Crippen LogP contribution in [0.2, 0.25) is 0 Å². The Bertz CT molecular complexity index is 471. The smallest absolute Gasteiger partial charge is 0.251 e. The van der Waals surface area contributed by atoms with Crippen molar-refractivity contribution in [2.45, 2.75) is 79.1 Å². The van der Waals surface area contributed by atoms with Gasteiger partial charge in [-0.3, -0.25) is 15.0 Å². The summed E-state index contributed by atoms with van der Waals surface area (Å²) in [4.78, 5) is 24.8. The van der Waals surface area contributed by atoms with Crippen LogP contribution in [0.25, 0.3) is 0 Å². The molecular formula is C19H41N5O3. The molecule has 3 unspecified atom stereocenters. The lowest BCUT2D eigenvalue weighted by atomic mass is 9.86. The summed E-state index contributed by atoms with van der Waals surface area (Å²) in [5.41, 5.74) is 4.91. The van der Waals surface area contributed by atoms with Crippen LogP contribution < -0.4 is 26.8 Å². The first kappa shape index (κ1) is 25.8. The first-order valence-corrected chi connectivity index (χ1v) is 9.65. The van der Waals surface area contributed by atoms with Crippen LogP contribution >= 0.6 is 0 Å². The quantitative estimate of drug-likeness (QED) is 0.297. The fourth-order valence-electron chi connectivity index (χ4n) is 3.11. The first-order valence-electron chi connectivity index (χ1n) is 9.65. The van der Waals surface area contributed by atoms with Gasteiger partial charge < -0.3 is 21.1 Å². The van der Waals surface area contributed by atoms with Gasteiger partial charge in [-0.1, -0.05) is 48.5 Å². The van der Waals surface area contributed by atoms with Crippen LogP contribution in [-0.4, -0.2) is 61.8 Å². The molecule has 0 aromatic heterocycles. The van der Waals surface area contributed by atoms with Gasteiger partial charge in [0.25, 0.3) is 5.91 Å². The predicted octanol–water partition coefficient (Wildman–Crippen LogP) is 0.131. The Labute approximate surface area is 164 Å². The summed E-state index contributed by atoms with van der Waals surface area (Å²) < 4.78 is 0. The fourth-order valence-corrected chi connectivity index (χ4v) is 3.11. The van der Waals surface area contributed by atoms with Gasteiger partial charge in [0.1, 0.15) is 0 Å². The van der Waals surface area contributed by atoms with E-state index in [1.54, 1.807) is 14.1 Å². The van der Waals surface area contributed by atoms with E-state index in [2.05, 4.69) is 26.8 Å². The zero-order chi connectivity index (χ0) is 21.4. The second-order valence-corrected chi connectivity index (χ2v) is 9.14. The van der Waals surface area contributed by atoms with Gasteiger partial charge >= 0.3 is 0 Å². The Balaban J connectivity index is 4.67. The maximum absolute atomic E-state index is 12.5. The lowest BCUT2D eigenvalue weighted by Gasteiger charge is -2.32. The lowest BCUT2D eigenvalue weighted by molar-refractivity contribution is -0.128. The van der Waals surface area contributed by atoms with Crippen LogP contribution in [0.5, 0.6) is 0 Å². The van der Waals surface area contributed by atoms with E-state index >= 15 is 0 Å². The number of rotatable bonds is 10. The van der Waals surface area contributed by atoms with E-state index in [9.17, 15) is 14.7 Å². The standard InChI is InChI=1S/C19H41N5O3/c1-10-12(23-16(26)14(20-8)18(2,3)4)13(25)11-22-24-17(27)15(21-9)19(5,6)7/h12-15,20-22,25H,10-11H2,1-9H3,(H,23,26)(H,24,27)/t12?,13-,14?,15?/m0/s1. The molecule has 0 rings (SSSR count). The van der Waals surface area contributed by atoms with Gasteiger partial charge in [0.2, 0.25) is 5.91 Å². The van der Waals surface area contributed by atoms with Gasteiger partial charge in [0, 0.05) is 6.54 Å². The highest BCUT2D eigenvalue weighted by atomic mass is 16.3. The second-order valence-electron chi connectivity index (χ2n) is 9.14. The molecule has 0 aliphatic rings. The van der Waals surface area contributed by atoms with Crippen molar-refractivity contribution in [1.82, 2.24) is 26.8 Å². The molecular weight excluding hydrogens is 346 g/mol. The Morgan fingerprint density at radius 3 is 1.70 bits per heavy atom. The Hall–Kier alpha value is -1.22. The third kappa shape index (κ3) is 8.55. The minimum atomic E-state index is -0.834. The SMILES string of the molecule is CCC(NC(=O)C(NC)C(C)(C)C)[C@@H](O)CNNC(=O)C(NC)C(C)(C)C. The largest absolute Gasteiger partial charge is 0.390 e. The highest BCUT2D eigenvalue weighted by Gasteiger charge is 2.32. The minimum absolute atomic E-state index is 0.130. The van der Waals surface area contributed by atoms with Crippen molar-refractivity contribution in [3.05, 3.63) is 0 Å². The number of aliphatic hydroxyl groups is 1. The molecule has 0 aromatic rings. The third-order valence-corrected chi connectivity index (χ3v) is 4.59. The average molecular weight is 388 g/mol. The Kier molecular flexibility index (Phi) is 10.5. The zero-order valence-corrected chi connectivity index (χ0v) is 18.5. The molecule has 0 bridgehead atoms. The summed E-state index contributed by atoms with van der Waals surface area (Å²) >= 11 is 0. The van der Waals surface area contributed by atoms with Crippen LogP contribution in [-0.2, 0) is 9.59 Å². The molecule has 0 aliphatic heterocycles. The summed E-state index contributed by atoms with van der Waals surface area (Å²) in [5, 5.41) is 19.3. The number of hydrazine groups is 1. The Morgan fingerprint density at radius 1 is 0.889 bits per heavy atom. The summed E-state index contributed by atoms with van der Waals surface area (Å²) in [6.07, 6.45) is -0.260. The highest BCUT2D eigenvalue weighted by Crippen LogP contribution is 2.20. The summed E-state index contributed by atoms with van der Waals surface area (Å²) in [6, 6.07) is -1.15. The van der Waals surface area contributed by atoms with E-state index in [1.807, 2.05) is 48.5 Å². The topological polar surface area (TPSA) is 115 Å². The van der Waals surface area contributed by atoms with Gasteiger partial charge in [0.15, 0.2) is 0 Å². The van der Waals surface area contributed by atoms with Crippen molar-refractivity contribution < 1.29 is 14.7 Å². The van der Waals surface area contributed by atoms with E-state index < -0.39 is 12.1 Å². The highest BCUT2D eigenvalue weighted by molar-refractivity contribution is 5.83. The molecule has 0 saturated heterocycles. The van der Waals surface area contributed by atoms with Gasteiger partial charge in [-0.2, -0.15) is 0 Å². The van der Waals surface area contributed by atoms with Gasteiger partial charge in [0.05, 0.1) is 24.2 Å². The number of amides is 2. The Morgan fingerprint density at radius 2 is 1.33 bits per heavy atom. The third-order valence-electron chi connectivity index (χ3n) is 4.59. The molecule has 0 aromatic carbocycles. The molecule has 0 radical (unpaired) electrons. The number of aliphatic hydroxyl groups excluding tert-OH is 1. The van der Waals surface area contributed by atoms with E-state index in [0.717, 1.165) is 0 Å². The molecule has 6 N–H and O–H groups in total. The molecule has 0 fully saturated rings. The monoisotopic (exact) mass is 387 g/mol. The molecule has 0 spiro atoms. The molecule has 4 atom stereocenters. The van der Waals surface area contributed by atoms with Crippen molar-refractivity contribution in [3.8, 4) is 0 Å². The predicted molar refractivity (Wildman–Crippen MR) is 109 cm³/mol. The van der Waals surface area contributed by atoms with Crippen LogP contribution in [0.1, 0.15) is 54.9 Å². The number of nitrogens with one attached hydrogen (secondary N) is 5. The molecule has 160 valence electrons. The average Bonchev–Trinajstić information content (AvgIpc) is 2.50. The molecule has 8 nitrogen and oxygen atoms in total. The van der Waals surface area contributed by atoms with Crippen molar-refractivity contribution in [1.29, 1.82) is 0 Å². The maximum atomic E-state index is 12.5. The van der Waals surface area contributed by atoms with Gasteiger partial charge in [-0.25, -0.2) is 5.43 Å². The van der Waals surface area contributed by atoms with Crippen molar-refractivity contribution >= 4 is 11.8 Å². The zero-order valence-electron chi connectivity index (χ0n) is 18.5. The second kappa shape index (κ2) is 10.9. The van der Waals surface area contributed by atoms with Gasteiger partial charge in [-0.05, 0) is 31.3 Å². The number of likely N-dealkylation sites (N-methyl/N-ethyl adjacent to an activating group) is 2. The minimum Gasteiger partial charge on any atom is -0.390 e. The molecule has 8 heteroatoms. The van der Waals surface area contributed by atoms with Crippen molar-refractivity contribution in [2.75, 3.05) is 20.6 Å². The first-order chi connectivity index (χ1) is 12.3. The summed E-state index contributed by atoms with van der Waals surface area (Å²) in [5.74, 6) is -0.347. The van der Waals surface area contributed by atoms with Crippen LogP contribution in [0.15, 0.2) is 0 Å². The molecule has 0 heterocycles. The van der Waals surface area contributed by atoms with Crippen LogP contribution in [0.3, 0.4) is 0 Å². The lowest BCUT2D eigenvalue weighted by Crippen LogP contribution is -2.58. The number of hydrogen-bond donors (Lipinski definition) is 6.